The second-order valence-electron chi connectivity index (χ2n) is 6.67. The normalized spacial score (nSPS) is 20.6. The Labute approximate surface area is 148 Å². The highest BCUT2D eigenvalue weighted by Crippen LogP contribution is 2.21. The Morgan fingerprint density at radius 1 is 1.48 bits per heavy atom. The number of nitrogens with zero attached hydrogens (tertiary/aromatic N) is 4. The van der Waals surface area contributed by atoms with Crippen molar-refractivity contribution in [1.29, 1.82) is 0 Å². The molecule has 0 bridgehead atoms. The number of nitrogens with one attached hydrogen (secondary N) is 1. The van der Waals surface area contributed by atoms with Crippen LogP contribution < -0.4 is 5.32 Å². The fourth-order valence-corrected chi connectivity index (χ4v) is 3.63. The van der Waals surface area contributed by atoms with Crippen molar-refractivity contribution in [2.75, 3.05) is 33.3 Å². The summed E-state index contributed by atoms with van der Waals surface area (Å²) in [4.78, 5) is 21.0. The van der Waals surface area contributed by atoms with E-state index in [0.29, 0.717) is 25.6 Å². The van der Waals surface area contributed by atoms with Crippen molar-refractivity contribution in [2.24, 2.45) is 0 Å². The Morgan fingerprint density at radius 2 is 2.32 bits per heavy atom. The van der Waals surface area contributed by atoms with Crippen molar-refractivity contribution in [2.45, 2.75) is 31.8 Å². The highest BCUT2D eigenvalue weighted by atomic mass is 16.3. The Bertz CT molecular complexity index is 683. The molecule has 3 rings (SSSR count). The van der Waals surface area contributed by atoms with E-state index >= 15 is 0 Å². The van der Waals surface area contributed by atoms with Gasteiger partial charge in [0.2, 0.25) is 0 Å². The Balaban J connectivity index is 1.49. The first-order valence-electron chi connectivity index (χ1n) is 8.88. The lowest BCUT2D eigenvalue weighted by Gasteiger charge is -2.30. The summed E-state index contributed by atoms with van der Waals surface area (Å²) in [6.07, 6.45) is 5.63. The van der Waals surface area contributed by atoms with Gasteiger partial charge in [0.05, 0.1) is 12.3 Å². The number of hydrogen-bond donors (Lipinski definition) is 2. The number of aliphatic hydroxyl groups is 1. The summed E-state index contributed by atoms with van der Waals surface area (Å²) in [5.74, 6) is 0. The van der Waals surface area contributed by atoms with Crippen LogP contribution in [0.4, 0.5) is 4.79 Å². The van der Waals surface area contributed by atoms with Crippen LogP contribution >= 0.6 is 0 Å². The second-order valence-corrected chi connectivity index (χ2v) is 6.67. The minimum Gasteiger partial charge on any atom is -0.395 e. The molecular weight excluding hydrogens is 318 g/mol. The lowest BCUT2D eigenvalue weighted by atomic mass is 10.1. The van der Waals surface area contributed by atoms with Gasteiger partial charge in [-0.05, 0) is 32.5 Å². The van der Waals surface area contributed by atoms with Crippen LogP contribution in [0.3, 0.4) is 0 Å². The number of aliphatic hydroxyl groups excluding tert-OH is 1. The number of carbonyl (C=O) groups excluding carboxylic acids is 1. The molecule has 2 aromatic heterocycles. The van der Waals surface area contributed by atoms with Gasteiger partial charge in [-0.1, -0.05) is 6.07 Å². The molecule has 1 aliphatic heterocycles. The van der Waals surface area contributed by atoms with Crippen molar-refractivity contribution >= 4 is 11.7 Å². The average molecular weight is 345 g/mol. The lowest BCUT2D eigenvalue weighted by Crippen LogP contribution is -2.48. The van der Waals surface area contributed by atoms with Crippen LogP contribution in [0.1, 0.15) is 19.0 Å². The SMILES string of the molecule is C[C@@H]1[C@H](N(C)CCO)CCN1C(=O)NCCc1cn2ccccc2n1. The first-order chi connectivity index (χ1) is 12.1. The van der Waals surface area contributed by atoms with Crippen LogP contribution in [0.15, 0.2) is 30.6 Å². The molecule has 1 saturated heterocycles. The van der Waals surface area contributed by atoms with Gasteiger partial charge in [0, 0.05) is 50.5 Å². The lowest BCUT2D eigenvalue weighted by molar-refractivity contribution is 0.148. The number of pyridine rings is 1. The molecule has 0 aromatic carbocycles. The van der Waals surface area contributed by atoms with Crippen LogP contribution in [-0.2, 0) is 6.42 Å². The first-order valence-corrected chi connectivity index (χ1v) is 8.88. The topological polar surface area (TPSA) is 73.1 Å². The Hall–Kier alpha value is -2.12. The smallest absolute Gasteiger partial charge is 0.317 e. The molecule has 1 aliphatic rings. The number of rotatable bonds is 6. The van der Waals surface area contributed by atoms with Gasteiger partial charge in [0.25, 0.3) is 0 Å². The Kier molecular flexibility index (Phi) is 5.55. The monoisotopic (exact) mass is 345 g/mol. The molecule has 0 unspecified atom stereocenters. The average Bonchev–Trinajstić information content (AvgIpc) is 3.18. The van der Waals surface area contributed by atoms with Gasteiger partial charge in [-0.3, -0.25) is 4.90 Å². The zero-order valence-electron chi connectivity index (χ0n) is 14.9. The highest BCUT2D eigenvalue weighted by Gasteiger charge is 2.35. The van der Waals surface area contributed by atoms with E-state index in [-0.39, 0.29) is 18.7 Å². The number of fused-ring (bicyclic) bond motifs is 1. The molecule has 136 valence electrons. The summed E-state index contributed by atoms with van der Waals surface area (Å²) in [6, 6.07) is 6.34. The number of aromatic nitrogens is 2. The van der Waals surface area contributed by atoms with Crippen molar-refractivity contribution < 1.29 is 9.90 Å². The van der Waals surface area contributed by atoms with E-state index < -0.39 is 0 Å². The van der Waals surface area contributed by atoms with Crippen LogP contribution in [-0.4, -0.2) is 75.7 Å². The molecular formula is C18H27N5O2. The fourth-order valence-electron chi connectivity index (χ4n) is 3.63. The summed E-state index contributed by atoms with van der Waals surface area (Å²) in [6.45, 7) is 4.18. The third-order valence-corrected chi connectivity index (χ3v) is 5.07. The van der Waals surface area contributed by atoms with E-state index in [1.165, 1.54) is 0 Å². The standard InChI is InChI=1S/C18H27N5O2/c1-14-16(21(2)11-12-24)7-10-23(14)18(25)19-8-6-15-13-22-9-4-3-5-17(22)20-15/h3-5,9,13-14,16,24H,6-8,10-12H2,1-2H3,(H,19,25)/t14-,16-/m1/s1. The molecule has 7 heteroatoms. The largest absolute Gasteiger partial charge is 0.395 e. The molecule has 0 saturated carbocycles. The van der Waals surface area contributed by atoms with Gasteiger partial charge >= 0.3 is 6.03 Å². The maximum Gasteiger partial charge on any atom is 0.317 e. The number of imidazole rings is 1. The summed E-state index contributed by atoms with van der Waals surface area (Å²) in [7, 11) is 2.00. The van der Waals surface area contributed by atoms with Crippen LogP contribution in [0.5, 0.6) is 0 Å². The van der Waals surface area contributed by atoms with Gasteiger partial charge in [-0.2, -0.15) is 0 Å². The predicted octanol–water partition coefficient (Wildman–Crippen LogP) is 0.973. The number of urea groups is 1. The van der Waals surface area contributed by atoms with Crippen molar-refractivity contribution in [3.05, 3.63) is 36.3 Å². The van der Waals surface area contributed by atoms with Crippen molar-refractivity contribution in [3.8, 4) is 0 Å². The van der Waals surface area contributed by atoms with Crippen LogP contribution in [0, 0.1) is 0 Å². The van der Waals surface area contributed by atoms with Crippen LogP contribution in [0.2, 0.25) is 0 Å². The second kappa shape index (κ2) is 7.84. The maximum absolute atomic E-state index is 12.5. The van der Waals surface area contributed by atoms with E-state index in [4.69, 9.17) is 5.11 Å². The van der Waals surface area contributed by atoms with Crippen molar-refractivity contribution in [1.82, 2.24) is 24.5 Å². The van der Waals surface area contributed by atoms with E-state index in [9.17, 15) is 4.79 Å². The molecule has 0 spiro atoms. The number of hydrogen-bond acceptors (Lipinski definition) is 4. The van der Waals surface area contributed by atoms with Gasteiger partial charge < -0.3 is 19.7 Å². The molecule has 3 heterocycles. The van der Waals surface area contributed by atoms with Gasteiger partial charge in [0.15, 0.2) is 0 Å². The third-order valence-electron chi connectivity index (χ3n) is 5.07. The van der Waals surface area contributed by atoms with Gasteiger partial charge in [-0.25, -0.2) is 9.78 Å². The number of amides is 2. The fraction of sp³-hybridized carbons (Fsp3) is 0.556. The molecule has 1 fully saturated rings. The third kappa shape index (κ3) is 3.93. The molecule has 2 atom stereocenters. The van der Waals surface area contributed by atoms with Gasteiger partial charge in [-0.15, -0.1) is 0 Å². The maximum atomic E-state index is 12.5. The number of likely N-dealkylation sites (N-methyl/N-ethyl adjacent to an activating group) is 1. The minimum absolute atomic E-state index is 0.0174. The zero-order chi connectivity index (χ0) is 17.8. The first kappa shape index (κ1) is 17.7. The molecule has 25 heavy (non-hydrogen) atoms. The molecule has 0 radical (unpaired) electrons. The highest BCUT2D eigenvalue weighted by molar-refractivity contribution is 5.75. The number of carbonyl (C=O) groups is 1. The van der Waals surface area contributed by atoms with E-state index in [0.717, 1.165) is 24.3 Å². The number of likely N-dealkylation sites (tertiary alicyclic amines) is 1. The van der Waals surface area contributed by atoms with E-state index in [2.05, 4.69) is 22.1 Å². The summed E-state index contributed by atoms with van der Waals surface area (Å²) in [5.41, 5.74) is 1.90. The Morgan fingerprint density at radius 3 is 3.08 bits per heavy atom. The predicted molar refractivity (Wildman–Crippen MR) is 96.6 cm³/mol. The van der Waals surface area contributed by atoms with Crippen LogP contribution in [0.25, 0.3) is 5.65 Å². The minimum atomic E-state index is -0.0174. The van der Waals surface area contributed by atoms with E-state index in [1.807, 2.05) is 46.9 Å². The molecule has 0 aliphatic carbocycles. The summed E-state index contributed by atoms with van der Waals surface area (Å²) in [5, 5.41) is 12.1. The van der Waals surface area contributed by atoms with E-state index in [1.54, 1.807) is 0 Å². The quantitative estimate of drug-likeness (QED) is 0.818. The molecule has 2 amide bonds. The van der Waals surface area contributed by atoms with Gasteiger partial charge in [0.1, 0.15) is 5.65 Å². The summed E-state index contributed by atoms with van der Waals surface area (Å²) < 4.78 is 1.99. The molecule has 2 aromatic rings. The van der Waals surface area contributed by atoms with Crippen molar-refractivity contribution in [3.63, 3.8) is 0 Å². The molecule has 2 N–H and O–H groups in total. The molecule has 7 nitrogen and oxygen atoms in total. The summed E-state index contributed by atoms with van der Waals surface area (Å²) >= 11 is 0. The zero-order valence-corrected chi connectivity index (χ0v) is 14.9.